The first-order valence-corrected chi connectivity index (χ1v) is 10.8. The fraction of sp³-hybridized carbons (Fsp3) is 0.227. The van der Waals surface area contributed by atoms with E-state index in [1.54, 1.807) is 24.4 Å². The van der Waals surface area contributed by atoms with Crippen LogP contribution in [0.1, 0.15) is 45.0 Å². The molecule has 35 heavy (non-hydrogen) atoms. The second-order valence-electron chi connectivity index (χ2n) is 7.53. The van der Waals surface area contributed by atoms with Gasteiger partial charge in [0.15, 0.2) is 15.8 Å². The molecule has 1 atom stereocenters. The summed E-state index contributed by atoms with van der Waals surface area (Å²) in [4.78, 5) is 16.8. The predicted octanol–water partition coefficient (Wildman–Crippen LogP) is 5.87. The number of alkyl halides is 6. The first-order valence-electron chi connectivity index (χ1n) is 10.0. The van der Waals surface area contributed by atoms with Gasteiger partial charge in [-0.05, 0) is 42.3 Å². The number of aromatic nitrogens is 5. The Morgan fingerprint density at radius 1 is 1.06 bits per heavy atom. The molecule has 3 heterocycles. The molecule has 0 N–H and O–H groups in total. The van der Waals surface area contributed by atoms with Gasteiger partial charge in [0.2, 0.25) is 0 Å². The monoisotopic (exact) mass is 511 g/mol. The molecule has 0 saturated heterocycles. The van der Waals surface area contributed by atoms with Crippen molar-refractivity contribution < 1.29 is 31.1 Å². The first kappa shape index (κ1) is 24.5. The highest BCUT2D eigenvalue weighted by molar-refractivity contribution is 7.16. The zero-order valence-corrected chi connectivity index (χ0v) is 18.6. The normalized spacial score (nSPS) is 13.1. The Hall–Kier alpha value is -3.61. The van der Waals surface area contributed by atoms with Crippen molar-refractivity contribution in [3.63, 3.8) is 0 Å². The van der Waals surface area contributed by atoms with Crippen molar-refractivity contribution in [2.45, 2.75) is 31.7 Å². The predicted molar refractivity (Wildman–Crippen MR) is 114 cm³/mol. The number of nitrogens with zero attached hydrogens (tertiary/aromatic N) is 5. The number of Topliss-reactive ketones (excluding diaryl/α,β-unsaturated/α-hetero) is 1. The summed E-state index contributed by atoms with van der Waals surface area (Å²) in [6.45, 7) is 1.38. The number of hydrogen-bond donors (Lipinski definition) is 0. The van der Waals surface area contributed by atoms with Crippen LogP contribution in [-0.4, -0.2) is 30.7 Å². The molecular formula is C22H15F6N5OS. The second-order valence-corrected chi connectivity index (χ2v) is 8.51. The maximum Gasteiger partial charge on any atom is 0.416 e. The van der Waals surface area contributed by atoms with E-state index < -0.39 is 29.5 Å². The van der Waals surface area contributed by atoms with E-state index in [-0.39, 0.29) is 28.8 Å². The average Bonchev–Trinajstić information content (AvgIpc) is 3.48. The van der Waals surface area contributed by atoms with Crippen LogP contribution in [0.3, 0.4) is 0 Å². The van der Waals surface area contributed by atoms with E-state index in [9.17, 15) is 31.1 Å². The van der Waals surface area contributed by atoms with Gasteiger partial charge in [0.05, 0.1) is 23.4 Å². The van der Waals surface area contributed by atoms with Crippen LogP contribution >= 0.6 is 11.3 Å². The molecule has 0 saturated carbocycles. The summed E-state index contributed by atoms with van der Waals surface area (Å²) in [6.07, 6.45) is -5.78. The molecule has 0 aliphatic carbocycles. The summed E-state index contributed by atoms with van der Waals surface area (Å²) in [6, 6.07) is 5.66. The molecule has 0 spiro atoms. The van der Waals surface area contributed by atoms with Crippen molar-refractivity contribution in [2.75, 3.05) is 0 Å². The van der Waals surface area contributed by atoms with E-state index in [0.29, 0.717) is 22.3 Å². The number of carbonyl (C=O) groups is 1. The van der Waals surface area contributed by atoms with Crippen molar-refractivity contribution >= 4 is 17.1 Å². The summed E-state index contributed by atoms with van der Waals surface area (Å²) in [5.41, 5.74) is -2.21. The van der Waals surface area contributed by atoms with E-state index in [1.807, 2.05) is 0 Å². The highest BCUT2D eigenvalue weighted by atomic mass is 32.1. The summed E-state index contributed by atoms with van der Waals surface area (Å²) < 4.78 is 80.6. The van der Waals surface area contributed by atoms with Crippen LogP contribution < -0.4 is 0 Å². The van der Waals surface area contributed by atoms with Crippen molar-refractivity contribution in [1.82, 2.24) is 25.0 Å². The highest BCUT2D eigenvalue weighted by Crippen LogP contribution is 2.39. The van der Waals surface area contributed by atoms with Gasteiger partial charge in [-0.15, -0.1) is 10.2 Å². The standard InChI is InChI=1S/C22H15F6N5OS/c1-12(15-6-5-14(21(23,24)25)9-16(15)22(26,27)28)33-11-13(10-30-33)8-18(34)20-32-31-19(35-20)17-4-2-3-7-29-17/h2-7,9-12H,8H2,1H3/t12-/m0/s1. The van der Waals surface area contributed by atoms with Crippen LogP contribution in [0.2, 0.25) is 0 Å². The number of pyridine rings is 1. The lowest BCUT2D eigenvalue weighted by Crippen LogP contribution is -2.17. The molecule has 0 aliphatic rings. The van der Waals surface area contributed by atoms with Crippen molar-refractivity contribution in [3.05, 3.63) is 82.3 Å². The minimum atomic E-state index is -5.00. The third-order valence-corrected chi connectivity index (χ3v) is 6.09. The number of rotatable bonds is 6. The molecule has 13 heteroatoms. The van der Waals surface area contributed by atoms with E-state index in [2.05, 4.69) is 20.3 Å². The molecule has 0 fully saturated rings. The van der Waals surface area contributed by atoms with Crippen molar-refractivity contribution in [2.24, 2.45) is 0 Å². The van der Waals surface area contributed by atoms with E-state index >= 15 is 0 Å². The van der Waals surface area contributed by atoms with Gasteiger partial charge in [0, 0.05) is 18.8 Å². The Labute approximate surface area is 198 Å². The molecule has 0 amide bonds. The molecule has 6 nitrogen and oxygen atoms in total. The molecule has 0 aliphatic heterocycles. The third kappa shape index (κ3) is 5.39. The molecule has 182 valence electrons. The Morgan fingerprint density at radius 3 is 2.49 bits per heavy atom. The van der Waals surface area contributed by atoms with Crippen LogP contribution in [0.15, 0.2) is 55.0 Å². The van der Waals surface area contributed by atoms with Crippen LogP contribution in [-0.2, 0) is 18.8 Å². The van der Waals surface area contributed by atoms with Gasteiger partial charge in [-0.1, -0.05) is 23.5 Å². The molecule has 4 rings (SSSR count). The molecule has 3 aromatic heterocycles. The van der Waals surface area contributed by atoms with Gasteiger partial charge in [-0.25, -0.2) is 0 Å². The van der Waals surface area contributed by atoms with Crippen molar-refractivity contribution in [1.29, 1.82) is 0 Å². The SMILES string of the molecule is C[C@@H](c1ccc(C(F)(F)F)cc1C(F)(F)F)n1cc(CC(=O)c2nnc(-c3ccccn3)s2)cn1. The second kappa shape index (κ2) is 9.21. The zero-order valence-electron chi connectivity index (χ0n) is 17.8. The Bertz CT molecular complexity index is 1350. The number of ketones is 1. The largest absolute Gasteiger partial charge is 0.416 e. The average molecular weight is 511 g/mol. The lowest BCUT2D eigenvalue weighted by molar-refractivity contribution is -0.143. The maximum absolute atomic E-state index is 13.5. The van der Waals surface area contributed by atoms with Gasteiger partial charge in [-0.3, -0.25) is 14.5 Å². The quantitative estimate of drug-likeness (QED) is 0.239. The summed E-state index contributed by atoms with van der Waals surface area (Å²) in [7, 11) is 0. The Morgan fingerprint density at radius 2 is 1.83 bits per heavy atom. The van der Waals surface area contributed by atoms with E-state index in [1.165, 1.54) is 24.0 Å². The van der Waals surface area contributed by atoms with E-state index in [0.717, 1.165) is 17.4 Å². The maximum atomic E-state index is 13.5. The lowest BCUT2D eigenvalue weighted by atomic mass is 9.98. The van der Waals surface area contributed by atoms with Crippen LogP contribution in [0.5, 0.6) is 0 Å². The summed E-state index contributed by atoms with van der Waals surface area (Å²) in [5.74, 6) is -0.373. The fourth-order valence-corrected chi connectivity index (χ4v) is 4.11. The van der Waals surface area contributed by atoms with Crippen LogP contribution in [0, 0.1) is 0 Å². The Kier molecular flexibility index (Phi) is 6.45. The summed E-state index contributed by atoms with van der Waals surface area (Å²) in [5, 5.41) is 12.4. The molecule has 0 radical (unpaired) electrons. The number of halogens is 6. The molecule has 1 aromatic carbocycles. The van der Waals surface area contributed by atoms with Gasteiger partial charge in [0.25, 0.3) is 0 Å². The fourth-order valence-electron chi connectivity index (χ4n) is 3.36. The smallest absolute Gasteiger partial charge is 0.291 e. The van der Waals surface area contributed by atoms with Gasteiger partial charge in [-0.2, -0.15) is 31.4 Å². The van der Waals surface area contributed by atoms with Gasteiger partial charge < -0.3 is 0 Å². The molecule has 4 aromatic rings. The molecule has 0 bridgehead atoms. The molecule has 0 unspecified atom stereocenters. The van der Waals surface area contributed by atoms with Gasteiger partial charge in [0.1, 0.15) is 5.69 Å². The highest BCUT2D eigenvalue weighted by Gasteiger charge is 2.39. The van der Waals surface area contributed by atoms with Crippen molar-refractivity contribution in [3.8, 4) is 10.7 Å². The van der Waals surface area contributed by atoms with Crippen LogP contribution in [0.4, 0.5) is 26.3 Å². The van der Waals surface area contributed by atoms with Gasteiger partial charge >= 0.3 is 12.4 Å². The first-order chi connectivity index (χ1) is 16.4. The lowest BCUT2D eigenvalue weighted by Gasteiger charge is -2.20. The summed E-state index contributed by atoms with van der Waals surface area (Å²) >= 11 is 1.05. The zero-order chi connectivity index (χ0) is 25.4. The topological polar surface area (TPSA) is 73.6 Å². The van der Waals surface area contributed by atoms with Crippen LogP contribution in [0.25, 0.3) is 10.7 Å². The minimum Gasteiger partial charge on any atom is -0.291 e. The molecular weight excluding hydrogens is 496 g/mol. The number of carbonyl (C=O) groups excluding carboxylic acids is 1. The minimum absolute atomic E-state index is 0.0917. The van der Waals surface area contributed by atoms with E-state index in [4.69, 9.17) is 0 Å². The third-order valence-electron chi connectivity index (χ3n) is 5.10. The number of benzene rings is 1. The Balaban J connectivity index is 1.54. The number of hydrogen-bond acceptors (Lipinski definition) is 6.